The molecule has 1 aliphatic heterocycles. The molecule has 0 aliphatic carbocycles. The Bertz CT molecular complexity index is 854. The summed E-state index contributed by atoms with van der Waals surface area (Å²) in [5.41, 5.74) is 1.10. The maximum Gasteiger partial charge on any atom is 0.240 e. The van der Waals surface area contributed by atoms with Crippen LogP contribution in [0.5, 0.6) is 0 Å². The number of likely N-dealkylation sites (tertiary alicyclic amines) is 1. The van der Waals surface area contributed by atoms with Crippen molar-refractivity contribution in [1.29, 1.82) is 0 Å². The van der Waals surface area contributed by atoms with E-state index in [1.54, 1.807) is 0 Å². The van der Waals surface area contributed by atoms with E-state index in [9.17, 15) is 17.6 Å². The summed E-state index contributed by atoms with van der Waals surface area (Å²) in [6.07, 6.45) is 1.94. The van der Waals surface area contributed by atoms with E-state index in [4.69, 9.17) is 0 Å². The van der Waals surface area contributed by atoms with Crippen molar-refractivity contribution in [2.45, 2.75) is 30.2 Å². The highest BCUT2D eigenvalue weighted by molar-refractivity contribution is 7.89. The Labute approximate surface area is 152 Å². The van der Waals surface area contributed by atoms with Gasteiger partial charge in [-0.2, -0.15) is 0 Å². The third-order valence-corrected chi connectivity index (χ3v) is 5.99. The van der Waals surface area contributed by atoms with Gasteiger partial charge in [-0.05, 0) is 42.7 Å². The minimum Gasteiger partial charge on any atom is -0.336 e. The summed E-state index contributed by atoms with van der Waals surface area (Å²) < 4.78 is 39.7. The molecule has 1 unspecified atom stereocenters. The molecular weight excluding hydrogens is 355 g/mol. The largest absolute Gasteiger partial charge is 0.336 e. The second-order valence-electron chi connectivity index (χ2n) is 6.26. The van der Waals surface area contributed by atoms with Gasteiger partial charge in [0.1, 0.15) is 5.82 Å². The summed E-state index contributed by atoms with van der Waals surface area (Å²) in [6, 6.07) is 14.5. The molecule has 2 aromatic rings. The molecule has 5 nitrogen and oxygen atoms in total. The molecular formula is C19H21FN2O3S. The monoisotopic (exact) mass is 376 g/mol. The van der Waals surface area contributed by atoms with Crippen molar-refractivity contribution in [1.82, 2.24) is 9.62 Å². The quantitative estimate of drug-likeness (QED) is 0.843. The predicted octanol–water partition coefficient (Wildman–Crippen LogP) is 2.86. The first-order valence-corrected chi connectivity index (χ1v) is 10.1. The van der Waals surface area contributed by atoms with E-state index in [-0.39, 0.29) is 29.8 Å². The second-order valence-corrected chi connectivity index (χ2v) is 8.02. The molecule has 1 N–H and O–H groups in total. The molecule has 0 bridgehead atoms. The predicted molar refractivity (Wildman–Crippen MR) is 96.3 cm³/mol. The van der Waals surface area contributed by atoms with Crippen molar-refractivity contribution in [3.05, 3.63) is 66.0 Å². The minimum atomic E-state index is -3.75. The SMILES string of the molecule is O=C(CCNS(=O)(=O)c1ccc(F)cc1)N1CCCC1c1ccccc1. The fourth-order valence-corrected chi connectivity index (χ4v) is 4.25. The number of halogens is 1. The number of amides is 1. The van der Waals surface area contributed by atoms with Gasteiger partial charge < -0.3 is 4.90 Å². The Hall–Kier alpha value is -2.25. The maximum absolute atomic E-state index is 12.9. The van der Waals surface area contributed by atoms with Crippen molar-refractivity contribution in [3.63, 3.8) is 0 Å². The van der Waals surface area contributed by atoms with Crippen LogP contribution in [-0.2, 0) is 14.8 Å². The Kier molecular flexibility index (Phi) is 5.68. The molecule has 3 rings (SSSR count). The first kappa shape index (κ1) is 18.5. The van der Waals surface area contributed by atoms with Crippen molar-refractivity contribution in [3.8, 4) is 0 Å². The van der Waals surface area contributed by atoms with E-state index in [0.29, 0.717) is 6.54 Å². The van der Waals surface area contributed by atoms with Crippen LogP contribution < -0.4 is 4.72 Å². The van der Waals surface area contributed by atoms with Crippen LogP contribution in [0.2, 0.25) is 0 Å². The number of hydrogen-bond donors (Lipinski definition) is 1. The summed E-state index contributed by atoms with van der Waals surface area (Å²) >= 11 is 0. The van der Waals surface area contributed by atoms with Gasteiger partial charge in [0, 0.05) is 19.5 Å². The van der Waals surface area contributed by atoms with Crippen molar-refractivity contribution in [2.24, 2.45) is 0 Å². The Morgan fingerprint density at radius 2 is 1.81 bits per heavy atom. The number of sulfonamides is 1. The highest BCUT2D eigenvalue weighted by Crippen LogP contribution is 2.32. The van der Waals surface area contributed by atoms with Gasteiger partial charge >= 0.3 is 0 Å². The summed E-state index contributed by atoms with van der Waals surface area (Å²) in [7, 11) is -3.75. The average Bonchev–Trinajstić information content (AvgIpc) is 3.12. The Morgan fingerprint density at radius 1 is 1.12 bits per heavy atom. The van der Waals surface area contributed by atoms with Gasteiger partial charge in [-0.1, -0.05) is 30.3 Å². The van der Waals surface area contributed by atoms with E-state index in [1.807, 2.05) is 35.2 Å². The standard InChI is InChI=1S/C19H21FN2O3S/c20-16-8-10-17(11-9-16)26(24,25)21-13-12-19(23)22-14-4-7-18(22)15-5-2-1-3-6-15/h1-3,5-6,8-11,18,21H,4,7,12-14H2. The number of hydrogen-bond acceptors (Lipinski definition) is 3. The van der Waals surface area contributed by atoms with E-state index < -0.39 is 15.8 Å². The normalized spacial score (nSPS) is 17.4. The van der Waals surface area contributed by atoms with Crippen LogP contribution in [0.1, 0.15) is 30.9 Å². The van der Waals surface area contributed by atoms with Crippen LogP contribution in [0.4, 0.5) is 4.39 Å². The van der Waals surface area contributed by atoms with Crippen molar-refractivity contribution >= 4 is 15.9 Å². The third kappa shape index (κ3) is 4.28. The van der Waals surface area contributed by atoms with E-state index >= 15 is 0 Å². The zero-order chi connectivity index (χ0) is 18.6. The Morgan fingerprint density at radius 3 is 2.50 bits per heavy atom. The number of nitrogens with zero attached hydrogens (tertiary/aromatic N) is 1. The van der Waals surface area contributed by atoms with Gasteiger partial charge in [-0.25, -0.2) is 17.5 Å². The average molecular weight is 376 g/mol. The molecule has 1 amide bonds. The zero-order valence-corrected chi connectivity index (χ0v) is 15.1. The number of carbonyl (C=O) groups is 1. The topological polar surface area (TPSA) is 66.5 Å². The lowest BCUT2D eigenvalue weighted by Gasteiger charge is -2.25. The molecule has 1 fully saturated rings. The molecule has 1 atom stereocenters. The lowest BCUT2D eigenvalue weighted by atomic mass is 10.0. The zero-order valence-electron chi connectivity index (χ0n) is 14.3. The molecule has 1 heterocycles. The molecule has 138 valence electrons. The van der Waals surface area contributed by atoms with Gasteiger partial charge in [0.15, 0.2) is 0 Å². The fraction of sp³-hybridized carbons (Fsp3) is 0.316. The van der Waals surface area contributed by atoms with Crippen molar-refractivity contribution < 1.29 is 17.6 Å². The van der Waals surface area contributed by atoms with Crippen LogP contribution in [0, 0.1) is 5.82 Å². The lowest BCUT2D eigenvalue weighted by Crippen LogP contribution is -2.34. The fourth-order valence-electron chi connectivity index (χ4n) is 3.22. The molecule has 0 saturated carbocycles. The molecule has 0 spiro atoms. The second kappa shape index (κ2) is 7.97. The van der Waals surface area contributed by atoms with Gasteiger partial charge in [-0.3, -0.25) is 4.79 Å². The highest BCUT2D eigenvalue weighted by atomic mass is 32.2. The van der Waals surface area contributed by atoms with E-state index in [1.165, 1.54) is 12.1 Å². The van der Waals surface area contributed by atoms with Gasteiger partial charge in [0.25, 0.3) is 0 Å². The Balaban J connectivity index is 1.57. The summed E-state index contributed by atoms with van der Waals surface area (Å²) in [4.78, 5) is 14.3. The molecule has 0 aromatic heterocycles. The number of carbonyl (C=O) groups excluding carboxylic acids is 1. The molecule has 7 heteroatoms. The number of rotatable bonds is 6. The van der Waals surface area contributed by atoms with Crippen LogP contribution in [-0.4, -0.2) is 32.3 Å². The smallest absolute Gasteiger partial charge is 0.240 e. The summed E-state index contributed by atoms with van der Waals surface area (Å²) in [5.74, 6) is -0.571. The molecule has 0 radical (unpaired) electrons. The van der Waals surface area contributed by atoms with E-state index in [0.717, 1.165) is 30.5 Å². The lowest BCUT2D eigenvalue weighted by molar-refractivity contribution is -0.131. The minimum absolute atomic E-state index is 0.0105. The third-order valence-electron chi connectivity index (χ3n) is 4.51. The first-order chi connectivity index (χ1) is 12.5. The van der Waals surface area contributed by atoms with Crippen LogP contribution >= 0.6 is 0 Å². The van der Waals surface area contributed by atoms with Crippen LogP contribution in [0.25, 0.3) is 0 Å². The number of nitrogens with one attached hydrogen (secondary N) is 1. The molecule has 2 aromatic carbocycles. The number of benzene rings is 2. The van der Waals surface area contributed by atoms with Gasteiger partial charge in [-0.15, -0.1) is 0 Å². The van der Waals surface area contributed by atoms with Gasteiger partial charge in [0.05, 0.1) is 10.9 Å². The van der Waals surface area contributed by atoms with Crippen LogP contribution in [0.15, 0.2) is 59.5 Å². The first-order valence-electron chi connectivity index (χ1n) is 8.57. The van der Waals surface area contributed by atoms with Crippen LogP contribution in [0.3, 0.4) is 0 Å². The highest BCUT2D eigenvalue weighted by Gasteiger charge is 2.29. The summed E-state index contributed by atoms with van der Waals surface area (Å²) in [5, 5.41) is 0. The molecule has 1 saturated heterocycles. The maximum atomic E-state index is 12.9. The van der Waals surface area contributed by atoms with Crippen molar-refractivity contribution in [2.75, 3.05) is 13.1 Å². The summed E-state index contributed by atoms with van der Waals surface area (Å²) in [6.45, 7) is 0.694. The molecule has 1 aliphatic rings. The van der Waals surface area contributed by atoms with E-state index in [2.05, 4.69) is 4.72 Å². The van der Waals surface area contributed by atoms with Gasteiger partial charge in [0.2, 0.25) is 15.9 Å². The molecule has 26 heavy (non-hydrogen) atoms.